The Morgan fingerprint density at radius 2 is 2.09 bits per heavy atom. The smallest absolute Gasteiger partial charge is 0.276 e. The third-order valence-corrected chi connectivity index (χ3v) is 4.07. The number of nitrogens with two attached hydrogens (primary N) is 1. The Balaban J connectivity index is 0.00000176. The number of halogens is 1. The van der Waals surface area contributed by atoms with Gasteiger partial charge in [0.15, 0.2) is 5.69 Å². The van der Waals surface area contributed by atoms with Crippen molar-refractivity contribution in [3.8, 4) is 5.69 Å². The van der Waals surface area contributed by atoms with Crippen molar-refractivity contribution in [2.75, 3.05) is 19.6 Å². The lowest BCUT2D eigenvalue weighted by Gasteiger charge is -2.21. The maximum atomic E-state index is 12.5. The topological polar surface area (TPSA) is 77.0 Å². The molecule has 1 aliphatic rings. The van der Waals surface area contributed by atoms with Gasteiger partial charge in [-0.15, -0.1) is 17.5 Å². The molecule has 2 heterocycles. The van der Waals surface area contributed by atoms with Crippen molar-refractivity contribution in [2.45, 2.75) is 13.3 Å². The van der Waals surface area contributed by atoms with Crippen molar-refractivity contribution < 1.29 is 4.79 Å². The highest BCUT2D eigenvalue weighted by Crippen LogP contribution is 2.29. The van der Waals surface area contributed by atoms with Crippen LogP contribution in [-0.4, -0.2) is 45.4 Å². The summed E-state index contributed by atoms with van der Waals surface area (Å²) >= 11 is 0. The lowest BCUT2D eigenvalue weighted by atomic mass is 9.90. The predicted octanol–water partition coefficient (Wildman–Crippen LogP) is 1.50. The first-order valence-corrected chi connectivity index (χ1v) is 7.08. The Kier molecular flexibility index (Phi) is 4.83. The minimum Gasteiger partial charge on any atom is -0.337 e. The van der Waals surface area contributed by atoms with Crippen LogP contribution in [0.5, 0.6) is 0 Å². The zero-order valence-corrected chi connectivity index (χ0v) is 13.3. The second-order valence-electron chi connectivity index (χ2n) is 5.88. The van der Waals surface area contributed by atoms with Gasteiger partial charge in [-0.1, -0.05) is 30.3 Å². The number of hydrogen-bond donors (Lipinski definition) is 1. The predicted molar refractivity (Wildman–Crippen MR) is 86.3 cm³/mol. The lowest BCUT2D eigenvalue weighted by Crippen LogP contribution is -2.34. The van der Waals surface area contributed by atoms with Crippen LogP contribution in [0.4, 0.5) is 0 Å². The minimum atomic E-state index is -0.0747. The van der Waals surface area contributed by atoms with Gasteiger partial charge in [0.2, 0.25) is 0 Å². The van der Waals surface area contributed by atoms with Crippen molar-refractivity contribution in [1.29, 1.82) is 0 Å². The van der Waals surface area contributed by atoms with E-state index in [4.69, 9.17) is 5.73 Å². The van der Waals surface area contributed by atoms with Gasteiger partial charge in [-0.25, -0.2) is 4.68 Å². The number of aromatic nitrogens is 3. The van der Waals surface area contributed by atoms with Gasteiger partial charge < -0.3 is 10.6 Å². The molecule has 1 amide bonds. The SMILES string of the molecule is CC1(CN)CCN(C(=O)c2cn(-c3ccccc3)nn2)C1.Cl. The van der Waals surface area contributed by atoms with Gasteiger partial charge in [0, 0.05) is 13.1 Å². The number of amides is 1. The largest absolute Gasteiger partial charge is 0.337 e. The highest BCUT2D eigenvalue weighted by Gasteiger charge is 2.35. The number of carbonyl (C=O) groups is 1. The van der Waals surface area contributed by atoms with Crippen LogP contribution in [0.1, 0.15) is 23.8 Å². The fourth-order valence-corrected chi connectivity index (χ4v) is 2.59. The summed E-state index contributed by atoms with van der Waals surface area (Å²) in [6, 6.07) is 9.62. The highest BCUT2D eigenvalue weighted by atomic mass is 35.5. The summed E-state index contributed by atoms with van der Waals surface area (Å²) in [5.74, 6) is -0.0747. The zero-order valence-electron chi connectivity index (χ0n) is 12.5. The Bertz CT molecular complexity index is 644. The molecule has 0 spiro atoms. The van der Waals surface area contributed by atoms with E-state index in [1.165, 1.54) is 0 Å². The van der Waals surface area contributed by atoms with Crippen LogP contribution in [0.15, 0.2) is 36.5 Å². The Morgan fingerprint density at radius 3 is 2.73 bits per heavy atom. The molecule has 2 aromatic rings. The number of carbonyl (C=O) groups excluding carboxylic acids is 1. The molecule has 1 saturated heterocycles. The normalized spacial score (nSPS) is 20.7. The maximum absolute atomic E-state index is 12.5. The first-order valence-electron chi connectivity index (χ1n) is 7.08. The molecule has 1 aromatic carbocycles. The molecular formula is C15H20ClN5O. The van der Waals surface area contributed by atoms with Crippen molar-refractivity contribution >= 4 is 18.3 Å². The van der Waals surface area contributed by atoms with E-state index in [0.717, 1.165) is 18.7 Å². The van der Waals surface area contributed by atoms with Crippen LogP contribution < -0.4 is 5.73 Å². The second-order valence-corrected chi connectivity index (χ2v) is 5.88. The van der Waals surface area contributed by atoms with Crippen molar-refractivity contribution in [2.24, 2.45) is 11.1 Å². The van der Waals surface area contributed by atoms with E-state index in [1.54, 1.807) is 10.9 Å². The van der Waals surface area contributed by atoms with Crippen molar-refractivity contribution in [3.63, 3.8) is 0 Å². The first-order chi connectivity index (χ1) is 10.1. The molecule has 118 valence electrons. The molecule has 0 aliphatic carbocycles. The van der Waals surface area contributed by atoms with Crippen molar-refractivity contribution in [1.82, 2.24) is 19.9 Å². The molecule has 1 fully saturated rings. The van der Waals surface area contributed by atoms with Crippen molar-refractivity contribution in [3.05, 3.63) is 42.2 Å². The summed E-state index contributed by atoms with van der Waals surface area (Å²) in [5, 5.41) is 8.03. The molecule has 1 aromatic heterocycles. The number of para-hydroxylation sites is 1. The highest BCUT2D eigenvalue weighted by molar-refractivity contribution is 5.92. The van der Waals surface area contributed by atoms with Crippen LogP contribution in [0.25, 0.3) is 5.69 Å². The molecule has 0 radical (unpaired) electrons. The van der Waals surface area contributed by atoms with E-state index < -0.39 is 0 Å². The minimum absolute atomic E-state index is 0. The maximum Gasteiger partial charge on any atom is 0.276 e. The van der Waals surface area contributed by atoms with Gasteiger partial charge in [-0.3, -0.25) is 4.79 Å². The third-order valence-electron chi connectivity index (χ3n) is 4.07. The van der Waals surface area contributed by atoms with Crippen LogP contribution in [0, 0.1) is 5.41 Å². The van der Waals surface area contributed by atoms with Gasteiger partial charge in [0.25, 0.3) is 5.91 Å². The van der Waals surface area contributed by atoms with Crippen LogP contribution >= 0.6 is 12.4 Å². The molecule has 6 nitrogen and oxygen atoms in total. The summed E-state index contributed by atoms with van der Waals surface area (Å²) in [7, 11) is 0. The van der Waals surface area contributed by atoms with E-state index in [0.29, 0.717) is 18.8 Å². The molecule has 0 saturated carbocycles. The standard InChI is InChI=1S/C15H19N5O.ClH/c1-15(10-16)7-8-19(11-15)14(21)13-9-20(18-17-13)12-5-3-2-4-6-12;/h2-6,9H,7-8,10-11,16H2,1H3;1H. The summed E-state index contributed by atoms with van der Waals surface area (Å²) in [4.78, 5) is 14.3. The Morgan fingerprint density at radius 1 is 1.36 bits per heavy atom. The molecule has 7 heteroatoms. The summed E-state index contributed by atoms with van der Waals surface area (Å²) < 4.78 is 1.62. The third kappa shape index (κ3) is 3.13. The van der Waals surface area contributed by atoms with Crippen LogP contribution in [-0.2, 0) is 0 Å². The molecule has 1 atom stereocenters. The average Bonchev–Trinajstić information content (AvgIpc) is 3.15. The molecular weight excluding hydrogens is 302 g/mol. The van der Waals surface area contributed by atoms with Gasteiger partial charge in [-0.05, 0) is 30.5 Å². The Labute approximate surface area is 135 Å². The Hall–Kier alpha value is -1.92. The van der Waals surface area contributed by atoms with E-state index >= 15 is 0 Å². The van der Waals surface area contributed by atoms with Crippen LogP contribution in [0.2, 0.25) is 0 Å². The molecule has 22 heavy (non-hydrogen) atoms. The number of likely N-dealkylation sites (tertiary alicyclic amines) is 1. The molecule has 3 rings (SSSR count). The summed E-state index contributed by atoms with van der Waals surface area (Å²) in [6.07, 6.45) is 2.61. The zero-order chi connectivity index (χ0) is 14.9. The molecule has 0 bridgehead atoms. The number of rotatable bonds is 3. The molecule has 1 aliphatic heterocycles. The van der Waals surface area contributed by atoms with Gasteiger partial charge in [0.05, 0.1) is 11.9 Å². The summed E-state index contributed by atoms with van der Waals surface area (Å²) in [6.45, 7) is 4.11. The average molecular weight is 322 g/mol. The monoisotopic (exact) mass is 321 g/mol. The first kappa shape index (κ1) is 16.5. The fourth-order valence-electron chi connectivity index (χ4n) is 2.59. The van der Waals surface area contributed by atoms with Gasteiger partial charge in [-0.2, -0.15) is 0 Å². The molecule has 2 N–H and O–H groups in total. The van der Waals surface area contributed by atoms with E-state index in [1.807, 2.05) is 35.2 Å². The van der Waals surface area contributed by atoms with Gasteiger partial charge >= 0.3 is 0 Å². The summed E-state index contributed by atoms with van der Waals surface area (Å²) in [5.41, 5.74) is 7.06. The quantitative estimate of drug-likeness (QED) is 0.929. The molecule has 1 unspecified atom stereocenters. The van der Waals surface area contributed by atoms with E-state index in [2.05, 4.69) is 17.2 Å². The van der Waals surface area contributed by atoms with E-state index in [9.17, 15) is 4.79 Å². The number of hydrogen-bond acceptors (Lipinski definition) is 4. The number of nitrogens with zero attached hydrogens (tertiary/aromatic N) is 4. The van der Waals surface area contributed by atoms with Gasteiger partial charge in [0.1, 0.15) is 0 Å². The number of benzene rings is 1. The lowest BCUT2D eigenvalue weighted by molar-refractivity contribution is 0.0771. The van der Waals surface area contributed by atoms with Crippen LogP contribution in [0.3, 0.4) is 0 Å². The second kappa shape index (κ2) is 6.46. The van der Waals surface area contributed by atoms with E-state index in [-0.39, 0.29) is 23.7 Å². The fraction of sp³-hybridized carbons (Fsp3) is 0.400.